The standard InChI is InChI=1S/C7H14N2O3/c1-8-7(11)9-3-5(10)6(4-9)12-2/h5-6,10H,3-4H2,1-2H3,(H,8,11)/t5-,6-/m1/s1. The van der Waals surface area contributed by atoms with E-state index < -0.39 is 6.10 Å². The molecule has 1 fully saturated rings. The Balaban J connectivity index is 2.48. The summed E-state index contributed by atoms with van der Waals surface area (Å²) in [5.41, 5.74) is 0. The molecular weight excluding hydrogens is 160 g/mol. The third kappa shape index (κ3) is 1.67. The Morgan fingerprint density at radius 3 is 2.75 bits per heavy atom. The van der Waals surface area contributed by atoms with Crippen molar-refractivity contribution < 1.29 is 14.6 Å². The largest absolute Gasteiger partial charge is 0.388 e. The zero-order valence-electron chi connectivity index (χ0n) is 7.28. The third-order valence-corrected chi connectivity index (χ3v) is 2.04. The van der Waals surface area contributed by atoms with Gasteiger partial charge in [0.25, 0.3) is 0 Å². The Labute approximate surface area is 71.3 Å². The number of hydrogen-bond acceptors (Lipinski definition) is 3. The summed E-state index contributed by atoms with van der Waals surface area (Å²) in [6.07, 6.45) is -0.811. The first-order valence-electron chi connectivity index (χ1n) is 3.86. The summed E-state index contributed by atoms with van der Waals surface area (Å²) in [6.45, 7) is 0.801. The summed E-state index contributed by atoms with van der Waals surface area (Å²) in [6, 6.07) is -0.173. The SMILES string of the molecule is CNC(=O)N1C[C@@H](O)[C@H](OC)C1. The number of nitrogens with one attached hydrogen (secondary N) is 1. The molecule has 0 unspecified atom stereocenters. The molecule has 0 aromatic carbocycles. The Morgan fingerprint density at radius 2 is 2.33 bits per heavy atom. The minimum Gasteiger partial charge on any atom is -0.388 e. The molecule has 0 aromatic rings. The van der Waals surface area contributed by atoms with Crippen molar-refractivity contribution in [2.24, 2.45) is 0 Å². The van der Waals surface area contributed by atoms with Gasteiger partial charge in [0.15, 0.2) is 0 Å². The van der Waals surface area contributed by atoms with Crippen molar-refractivity contribution in [1.82, 2.24) is 10.2 Å². The molecule has 70 valence electrons. The van der Waals surface area contributed by atoms with Gasteiger partial charge in [0, 0.05) is 14.2 Å². The van der Waals surface area contributed by atoms with Crippen LogP contribution in [0.1, 0.15) is 0 Å². The van der Waals surface area contributed by atoms with Crippen LogP contribution in [0.2, 0.25) is 0 Å². The summed E-state index contributed by atoms with van der Waals surface area (Å²) in [4.78, 5) is 12.6. The van der Waals surface area contributed by atoms with E-state index in [1.165, 1.54) is 12.0 Å². The molecule has 2 amide bonds. The van der Waals surface area contributed by atoms with Gasteiger partial charge in [-0.25, -0.2) is 4.79 Å². The van der Waals surface area contributed by atoms with Gasteiger partial charge in [0.05, 0.1) is 19.2 Å². The second-order valence-corrected chi connectivity index (χ2v) is 2.80. The summed E-state index contributed by atoms with van der Waals surface area (Å²) >= 11 is 0. The molecule has 0 bridgehead atoms. The van der Waals surface area contributed by atoms with E-state index in [9.17, 15) is 9.90 Å². The van der Waals surface area contributed by atoms with E-state index in [2.05, 4.69) is 5.32 Å². The molecule has 12 heavy (non-hydrogen) atoms. The maximum atomic E-state index is 11.1. The van der Waals surface area contributed by atoms with Crippen molar-refractivity contribution in [2.75, 3.05) is 27.2 Å². The molecule has 1 rings (SSSR count). The lowest BCUT2D eigenvalue weighted by molar-refractivity contribution is 0.0215. The number of likely N-dealkylation sites (tertiary alicyclic amines) is 1. The van der Waals surface area contributed by atoms with Crippen LogP contribution in [0.3, 0.4) is 0 Å². The van der Waals surface area contributed by atoms with Gasteiger partial charge in [0.1, 0.15) is 6.10 Å². The van der Waals surface area contributed by atoms with Crippen LogP contribution in [0, 0.1) is 0 Å². The second-order valence-electron chi connectivity index (χ2n) is 2.80. The number of rotatable bonds is 1. The Bertz CT molecular complexity index is 174. The van der Waals surface area contributed by atoms with Crippen LogP contribution >= 0.6 is 0 Å². The number of aliphatic hydroxyl groups excluding tert-OH is 1. The average molecular weight is 174 g/mol. The van der Waals surface area contributed by atoms with E-state index in [1.807, 2.05) is 0 Å². The number of carbonyl (C=O) groups is 1. The quantitative estimate of drug-likeness (QED) is 0.537. The average Bonchev–Trinajstić information content (AvgIpc) is 2.45. The van der Waals surface area contributed by atoms with Gasteiger partial charge in [-0.15, -0.1) is 0 Å². The molecule has 1 heterocycles. The number of urea groups is 1. The number of ether oxygens (including phenoxy) is 1. The van der Waals surface area contributed by atoms with Crippen molar-refractivity contribution in [3.8, 4) is 0 Å². The number of methoxy groups -OCH3 is 1. The van der Waals surface area contributed by atoms with Crippen molar-refractivity contribution in [1.29, 1.82) is 0 Å². The van der Waals surface area contributed by atoms with Gasteiger partial charge < -0.3 is 20.1 Å². The van der Waals surface area contributed by atoms with E-state index in [0.29, 0.717) is 13.1 Å². The minimum atomic E-state index is -0.563. The molecule has 2 atom stereocenters. The fourth-order valence-electron chi connectivity index (χ4n) is 1.31. The van der Waals surface area contributed by atoms with E-state index in [-0.39, 0.29) is 12.1 Å². The van der Waals surface area contributed by atoms with Gasteiger partial charge in [-0.3, -0.25) is 0 Å². The van der Waals surface area contributed by atoms with Crippen LogP contribution in [0.4, 0.5) is 4.79 Å². The zero-order valence-corrected chi connectivity index (χ0v) is 7.28. The summed E-state index contributed by atoms with van der Waals surface area (Å²) in [5, 5.41) is 11.8. The lowest BCUT2D eigenvalue weighted by atomic mass is 10.3. The molecule has 1 aliphatic rings. The van der Waals surface area contributed by atoms with Crippen LogP contribution in [0.5, 0.6) is 0 Å². The number of nitrogens with zero attached hydrogens (tertiary/aromatic N) is 1. The number of aliphatic hydroxyl groups is 1. The first-order chi connectivity index (χ1) is 5.69. The Hall–Kier alpha value is -0.810. The van der Waals surface area contributed by atoms with Gasteiger partial charge in [-0.2, -0.15) is 0 Å². The topological polar surface area (TPSA) is 61.8 Å². The normalized spacial score (nSPS) is 29.1. The highest BCUT2D eigenvalue weighted by Gasteiger charge is 2.33. The Kier molecular flexibility index (Phi) is 2.88. The van der Waals surface area contributed by atoms with Crippen LogP contribution < -0.4 is 5.32 Å². The van der Waals surface area contributed by atoms with Crippen LogP contribution in [0.25, 0.3) is 0 Å². The van der Waals surface area contributed by atoms with Crippen LogP contribution in [0.15, 0.2) is 0 Å². The van der Waals surface area contributed by atoms with E-state index in [0.717, 1.165) is 0 Å². The predicted molar refractivity (Wildman–Crippen MR) is 42.8 cm³/mol. The fraction of sp³-hybridized carbons (Fsp3) is 0.857. The second kappa shape index (κ2) is 3.73. The van der Waals surface area contributed by atoms with Gasteiger partial charge in [0.2, 0.25) is 0 Å². The van der Waals surface area contributed by atoms with Gasteiger partial charge >= 0.3 is 6.03 Å². The van der Waals surface area contributed by atoms with E-state index >= 15 is 0 Å². The monoisotopic (exact) mass is 174 g/mol. The molecule has 0 radical (unpaired) electrons. The number of amides is 2. The first-order valence-corrected chi connectivity index (χ1v) is 3.86. The minimum absolute atomic E-state index is 0.173. The summed E-state index contributed by atoms with van der Waals surface area (Å²) in [5.74, 6) is 0. The lowest BCUT2D eigenvalue weighted by Gasteiger charge is -2.14. The molecule has 5 nitrogen and oxygen atoms in total. The highest BCUT2D eigenvalue weighted by Crippen LogP contribution is 2.12. The fourth-order valence-corrected chi connectivity index (χ4v) is 1.31. The molecule has 1 aliphatic heterocycles. The van der Waals surface area contributed by atoms with E-state index in [1.54, 1.807) is 7.05 Å². The maximum Gasteiger partial charge on any atom is 0.317 e. The Morgan fingerprint density at radius 1 is 1.67 bits per heavy atom. The summed E-state index contributed by atoms with van der Waals surface area (Å²) in [7, 11) is 3.09. The molecular formula is C7H14N2O3. The van der Waals surface area contributed by atoms with Gasteiger partial charge in [-0.05, 0) is 0 Å². The summed E-state index contributed by atoms with van der Waals surface area (Å²) < 4.78 is 4.98. The molecule has 5 heteroatoms. The van der Waals surface area contributed by atoms with Gasteiger partial charge in [-0.1, -0.05) is 0 Å². The third-order valence-electron chi connectivity index (χ3n) is 2.04. The molecule has 0 spiro atoms. The number of β-amino-alcohol motifs (C(OH)–C–C–N with tert-alkyl or cyclic N) is 1. The maximum absolute atomic E-state index is 11.1. The van der Waals surface area contributed by atoms with Crippen molar-refractivity contribution in [2.45, 2.75) is 12.2 Å². The molecule has 0 aliphatic carbocycles. The lowest BCUT2D eigenvalue weighted by Crippen LogP contribution is -2.37. The molecule has 0 saturated carbocycles. The van der Waals surface area contributed by atoms with Crippen molar-refractivity contribution >= 4 is 6.03 Å². The van der Waals surface area contributed by atoms with Crippen LogP contribution in [-0.4, -0.2) is 55.5 Å². The molecule has 0 aromatic heterocycles. The van der Waals surface area contributed by atoms with Crippen molar-refractivity contribution in [3.63, 3.8) is 0 Å². The smallest absolute Gasteiger partial charge is 0.317 e. The number of hydrogen-bond donors (Lipinski definition) is 2. The number of carbonyl (C=O) groups excluding carboxylic acids is 1. The first kappa shape index (κ1) is 9.28. The highest BCUT2D eigenvalue weighted by atomic mass is 16.5. The predicted octanol–water partition coefficient (Wildman–Crippen LogP) is -0.983. The van der Waals surface area contributed by atoms with Crippen LogP contribution in [-0.2, 0) is 4.74 Å². The zero-order chi connectivity index (χ0) is 9.14. The van der Waals surface area contributed by atoms with E-state index in [4.69, 9.17) is 4.74 Å². The highest BCUT2D eigenvalue weighted by molar-refractivity contribution is 5.74. The molecule has 1 saturated heterocycles. The van der Waals surface area contributed by atoms with Crippen molar-refractivity contribution in [3.05, 3.63) is 0 Å². The molecule has 2 N–H and O–H groups in total.